The van der Waals surface area contributed by atoms with Crippen molar-refractivity contribution in [2.24, 2.45) is 0 Å². The first kappa shape index (κ1) is 11.7. The maximum Gasteiger partial charge on any atom is 0.221 e. The van der Waals surface area contributed by atoms with E-state index in [-0.39, 0.29) is 12.5 Å². The quantitative estimate of drug-likeness (QED) is 0.812. The molecule has 0 aliphatic heterocycles. The Bertz CT molecular complexity index is 505. The van der Waals surface area contributed by atoms with Crippen molar-refractivity contribution in [3.8, 4) is 0 Å². The first-order chi connectivity index (χ1) is 8.31. The molecule has 1 heterocycles. The fraction of sp³-hybridized carbons (Fsp3) is 0.308. The van der Waals surface area contributed by atoms with Crippen LogP contribution < -0.4 is 5.32 Å². The number of carbonyl (C=O) groups excluding carboxylic acids is 1. The molecule has 4 nitrogen and oxygen atoms in total. The number of hydrogen-bond donors (Lipinski definition) is 2. The molecule has 1 amide bonds. The lowest BCUT2D eigenvalue weighted by Crippen LogP contribution is -2.27. The molecule has 1 aromatic carbocycles. The van der Waals surface area contributed by atoms with Crippen molar-refractivity contribution in [3.05, 3.63) is 36.5 Å². The Morgan fingerprint density at radius 2 is 2.12 bits per heavy atom. The zero-order chi connectivity index (χ0) is 12.1. The van der Waals surface area contributed by atoms with E-state index in [1.807, 2.05) is 30.5 Å². The number of para-hydroxylation sites is 1. The minimum absolute atomic E-state index is 0.0157. The molecule has 0 spiro atoms. The Morgan fingerprint density at radius 3 is 2.94 bits per heavy atom. The van der Waals surface area contributed by atoms with Gasteiger partial charge in [-0.05, 0) is 17.5 Å². The summed E-state index contributed by atoms with van der Waals surface area (Å²) in [5, 5.41) is 12.4. The van der Waals surface area contributed by atoms with E-state index in [4.69, 9.17) is 5.11 Å². The summed E-state index contributed by atoms with van der Waals surface area (Å²) in [5.74, 6) is -0.0307. The Balaban J connectivity index is 1.97. The van der Waals surface area contributed by atoms with Crippen LogP contribution in [0.15, 0.2) is 36.5 Å². The fourth-order valence-electron chi connectivity index (χ4n) is 1.84. The van der Waals surface area contributed by atoms with Gasteiger partial charge in [-0.25, -0.2) is 0 Å². The summed E-state index contributed by atoms with van der Waals surface area (Å²) in [7, 11) is 0. The SMILES string of the molecule is O=C(CCn1ccc2ccccc21)NCCO. The van der Waals surface area contributed by atoms with Crippen LogP contribution in [-0.2, 0) is 11.3 Å². The molecule has 0 unspecified atom stereocenters. The third-order valence-corrected chi connectivity index (χ3v) is 2.69. The zero-order valence-electron chi connectivity index (χ0n) is 9.60. The van der Waals surface area contributed by atoms with Crippen LogP contribution in [0.3, 0.4) is 0 Å². The summed E-state index contributed by atoms with van der Waals surface area (Å²) in [6.07, 6.45) is 2.42. The predicted molar refractivity (Wildman–Crippen MR) is 66.7 cm³/mol. The molecule has 0 saturated heterocycles. The number of aliphatic hydroxyl groups excluding tert-OH is 1. The van der Waals surface area contributed by atoms with Gasteiger partial charge >= 0.3 is 0 Å². The van der Waals surface area contributed by atoms with E-state index in [0.29, 0.717) is 19.5 Å². The van der Waals surface area contributed by atoms with Crippen LogP contribution >= 0.6 is 0 Å². The molecule has 4 heteroatoms. The highest BCUT2D eigenvalue weighted by molar-refractivity contribution is 5.80. The van der Waals surface area contributed by atoms with Gasteiger partial charge in [0.15, 0.2) is 0 Å². The van der Waals surface area contributed by atoms with Gasteiger partial charge in [-0.15, -0.1) is 0 Å². The second-order valence-electron chi connectivity index (χ2n) is 3.89. The molecule has 2 N–H and O–H groups in total. The Kier molecular flexibility index (Phi) is 3.77. The molecule has 90 valence electrons. The van der Waals surface area contributed by atoms with Crippen LogP contribution in [0.4, 0.5) is 0 Å². The molecular formula is C13H16N2O2. The monoisotopic (exact) mass is 232 g/mol. The number of aliphatic hydroxyl groups is 1. The second-order valence-corrected chi connectivity index (χ2v) is 3.89. The van der Waals surface area contributed by atoms with Crippen LogP contribution in [0.5, 0.6) is 0 Å². The third-order valence-electron chi connectivity index (χ3n) is 2.69. The van der Waals surface area contributed by atoms with E-state index in [2.05, 4.69) is 16.0 Å². The number of nitrogens with one attached hydrogen (secondary N) is 1. The number of benzene rings is 1. The standard InChI is InChI=1S/C13H16N2O2/c16-10-7-14-13(17)6-9-15-8-5-11-3-1-2-4-12(11)15/h1-5,8,16H,6-7,9-10H2,(H,14,17). The lowest BCUT2D eigenvalue weighted by atomic mass is 10.2. The number of nitrogens with zero attached hydrogens (tertiary/aromatic N) is 1. The van der Waals surface area contributed by atoms with Gasteiger partial charge in [0.25, 0.3) is 0 Å². The summed E-state index contributed by atoms with van der Waals surface area (Å²) in [6, 6.07) is 10.1. The normalized spacial score (nSPS) is 10.6. The van der Waals surface area contributed by atoms with Crippen LogP contribution in [0.25, 0.3) is 10.9 Å². The second kappa shape index (κ2) is 5.50. The van der Waals surface area contributed by atoms with E-state index in [1.54, 1.807) is 0 Å². The summed E-state index contributed by atoms with van der Waals surface area (Å²) >= 11 is 0. The highest BCUT2D eigenvalue weighted by atomic mass is 16.3. The predicted octanol–water partition coefficient (Wildman–Crippen LogP) is 1.14. The minimum Gasteiger partial charge on any atom is -0.395 e. The van der Waals surface area contributed by atoms with Gasteiger partial charge in [0, 0.05) is 31.2 Å². The van der Waals surface area contributed by atoms with Gasteiger partial charge in [-0.2, -0.15) is 0 Å². The van der Waals surface area contributed by atoms with Gasteiger partial charge in [-0.3, -0.25) is 4.79 Å². The molecule has 0 aliphatic rings. The van der Waals surface area contributed by atoms with E-state index in [0.717, 1.165) is 5.52 Å². The van der Waals surface area contributed by atoms with Crippen molar-refractivity contribution in [1.82, 2.24) is 9.88 Å². The van der Waals surface area contributed by atoms with Crippen LogP contribution in [-0.4, -0.2) is 28.7 Å². The molecule has 0 aliphatic carbocycles. The number of amides is 1. The smallest absolute Gasteiger partial charge is 0.221 e. The number of aromatic nitrogens is 1. The molecule has 0 radical (unpaired) electrons. The molecule has 0 atom stereocenters. The average Bonchev–Trinajstić information content (AvgIpc) is 2.77. The summed E-state index contributed by atoms with van der Waals surface area (Å²) in [5.41, 5.74) is 1.14. The number of aryl methyl sites for hydroxylation is 1. The molecule has 17 heavy (non-hydrogen) atoms. The van der Waals surface area contributed by atoms with Crippen molar-refractivity contribution in [3.63, 3.8) is 0 Å². The molecule has 0 saturated carbocycles. The molecule has 1 aromatic heterocycles. The van der Waals surface area contributed by atoms with Crippen LogP contribution in [0, 0.1) is 0 Å². The summed E-state index contributed by atoms with van der Waals surface area (Å²) in [6.45, 7) is 0.966. The zero-order valence-corrected chi connectivity index (χ0v) is 9.60. The first-order valence-corrected chi connectivity index (χ1v) is 5.72. The lowest BCUT2D eigenvalue weighted by Gasteiger charge is -2.06. The maximum absolute atomic E-state index is 11.4. The molecular weight excluding hydrogens is 216 g/mol. The lowest BCUT2D eigenvalue weighted by molar-refractivity contribution is -0.121. The molecule has 2 rings (SSSR count). The highest BCUT2D eigenvalue weighted by Crippen LogP contribution is 2.15. The molecule has 0 fully saturated rings. The van der Waals surface area contributed by atoms with E-state index >= 15 is 0 Å². The number of carbonyl (C=O) groups is 1. The molecule has 0 bridgehead atoms. The number of hydrogen-bond acceptors (Lipinski definition) is 2. The fourth-order valence-corrected chi connectivity index (χ4v) is 1.84. The number of fused-ring (bicyclic) bond motifs is 1. The number of rotatable bonds is 5. The van der Waals surface area contributed by atoms with Crippen molar-refractivity contribution in [2.75, 3.05) is 13.2 Å². The van der Waals surface area contributed by atoms with Crippen LogP contribution in [0.2, 0.25) is 0 Å². The summed E-state index contributed by atoms with van der Waals surface area (Å²) in [4.78, 5) is 11.4. The van der Waals surface area contributed by atoms with Crippen molar-refractivity contribution >= 4 is 16.8 Å². The van der Waals surface area contributed by atoms with Gasteiger partial charge in [0.2, 0.25) is 5.91 Å². The first-order valence-electron chi connectivity index (χ1n) is 5.72. The van der Waals surface area contributed by atoms with Gasteiger partial charge in [0.1, 0.15) is 0 Å². The van der Waals surface area contributed by atoms with Crippen molar-refractivity contribution < 1.29 is 9.90 Å². The largest absolute Gasteiger partial charge is 0.395 e. The third kappa shape index (κ3) is 2.85. The van der Waals surface area contributed by atoms with Gasteiger partial charge < -0.3 is 15.0 Å². The van der Waals surface area contributed by atoms with E-state index < -0.39 is 0 Å². The maximum atomic E-state index is 11.4. The minimum atomic E-state index is -0.0307. The van der Waals surface area contributed by atoms with Crippen molar-refractivity contribution in [1.29, 1.82) is 0 Å². The average molecular weight is 232 g/mol. The Morgan fingerprint density at radius 1 is 1.29 bits per heavy atom. The molecule has 2 aromatic rings. The van der Waals surface area contributed by atoms with E-state index in [9.17, 15) is 4.79 Å². The highest BCUT2D eigenvalue weighted by Gasteiger charge is 2.03. The summed E-state index contributed by atoms with van der Waals surface area (Å²) < 4.78 is 2.06. The van der Waals surface area contributed by atoms with Gasteiger partial charge in [-0.1, -0.05) is 18.2 Å². The van der Waals surface area contributed by atoms with Crippen LogP contribution in [0.1, 0.15) is 6.42 Å². The van der Waals surface area contributed by atoms with E-state index in [1.165, 1.54) is 5.39 Å². The van der Waals surface area contributed by atoms with Gasteiger partial charge in [0.05, 0.1) is 6.61 Å². The Hall–Kier alpha value is -1.81. The van der Waals surface area contributed by atoms with Crippen molar-refractivity contribution in [2.45, 2.75) is 13.0 Å². The Labute approximate surface area is 99.9 Å². The topological polar surface area (TPSA) is 54.3 Å².